The van der Waals surface area contributed by atoms with Crippen LogP contribution in [0.1, 0.15) is 12.5 Å². The van der Waals surface area contributed by atoms with Gasteiger partial charge >= 0.3 is 0 Å². The summed E-state index contributed by atoms with van der Waals surface area (Å²) in [4.78, 5) is 7.92. The maximum Gasteiger partial charge on any atom is 0.152 e. The molecule has 0 atom stereocenters. The molecule has 0 fully saturated rings. The van der Waals surface area contributed by atoms with Crippen molar-refractivity contribution in [3.63, 3.8) is 0 Å². The third-order valence-corrected chi connectivity index (χ3v) is 2.61. The minimum Gasteiger partial charge on any atom is -0.377 e. The molecule has 0 bridgehead atoms. The van der Waals surface area contributed by atoms with E-state index in [4.69, 9.17) is 16.3 Å². The number of hydrogen-bond donors (Lipinski definition) is 1. The molecule has 4 nitrogen and oxygen atoms in total. The van der Waals surface area contributed by atoms with E-state index in [1.54, 1.807) is 6.20 Å². The van der Waals surface area contributed by atoms with Crippen molar-refractivity contribution < 1.29 is 4.74 Å². The van der Waals surface area contributed by atoms with Crippen molar-refractivity contribution in [3.05, 3.63) is 47.4 Å². The average molecular weight is 264 g/mol. The Labute approximate surface area is 111 Å². The zero-order valence-electron chi connectivity index (χ0n) is 10.1. The van der Waals surface area contributed by atoms with Crippen LogP contribution in [0.5, 0.6) is 0 Å². The summed E-state index contributed by atoms with van der Waals surface area (Å²) in [7, 11) is 0. The Bertz CT molecular complexity index is 519. The second-order valence-corrected chi connectivity index (χ2v) is 4.09. The highest BCUT2D eigenvalue weighted by atomic mass is 35.5. The van der Waals surface area contributed by atoms with Crippen molar-refractivity contribution in [1.82, 2.24) is 9.97 Å². The van der Waals surface area contributed by atoms with E-state index in [-0.39, 0.29) is 0 Å². The summed E-state index contributed by atoms with van der Waals surface area (Å²) in [6.45, 7) is 3.28. The lowest BCUT2D eigenvalue weighted by Crippen LogP contribution is -1.97. The number of anilines is 2. The highest BCUT2D eigenvalue weighted by Crippen LogP contribution is 2.22. The van der Waals surface area contributed by atoms with Gasteiger partial charge in [0.25, 0.3) is 0 Å². The number of nitrogens with zero attached hydrogens (tertiary/aromatic N) is 2. The molecular formula is C13H14ClN3O. The molecule has 94 valence electrons. The van der Waals surface area contributed by atoms with Crippen LogP contribution in [0.25, 0.3) is 0 Å². The van der Waals surface area contributed by atoms with Crippen molar-refractivity contribution in [2.75, 3.05) is 11.9 Å². The molecule has 0 saturated carbocycles. The van der Waals surface area contributed by atoms with Crippen molar-refractivity contribution >= 4 is 23.1 Å². The molecular weight excluding hydrogens is 250 g/mol. The van der Waals surface area contributed by atoms with E-state index in [9.17, 15) is 0 Å². The second kappa shape index (κ2) is 6.33. The number of nitrogens with one attached hydrogen (secondary N) is 1. The number of aromatic nitrogens is 2. The van der Waals surface area contributed by atoms with Crippen LogP contribution in [0.3, 0.4) is 0 Å². The van der Waals surface area contributed by atoms with E-state index in [0.29, 0.717) is 24.1 Å². The Morgan fingerprint density at radius 1 is 1.39 bits per heavy atom. The van der Waals surface area contributed by atoms with Gasteiger partial charge in [-0.25, -0.2) is 9.97 Å². The maximum atomic E-state index is 5.99. The van der Waals surface area contributed by atoms with Gasteiger partial charge in [0.15, 0.2) is 5.82 Å². The quantitative estimate of drug-likeness (QED) is 0.898. The fourth-order valence-electron chi connectivity index (χ4n) is 1.50. The minimum absolute atomic E-state index is 0.493. The first-order valence-electron chi connectivity index (χ1n) is 5.69. The number of ether oxygens (including phenoxy) is 1. The van der Waals surface area contributed by atoms with Crippen LogP contribution < -0.4 is 5.32 Å². The van der Waals surface area contributed by atoms with Gasteiger partial charge in [-0.2, -0.15) is 0 Å². The fraction of sp³-hybridized carbons (Fsp3) is 0.231. The molecule has 1 heterocycles. The number of benzene rings is 1. The van der Waals surface area contributed by atoms with Crippen LogP contribution >= 0.6 is 11.6 Å². The van der Waals surface area contributed by atoms with Crippen LogP contribution in [-0.4, -0.2) is 16.6 Å². The van der Waals surface area contributed by atoms with Crippen molar-refractivity contribution in [3.8, 4) is 0 Å². The highest BCUT2D eigenvalue weighted by molar-refractivity contribution is 6.32. The van der Waals surface area contributed by atoms with Gasteiger partial charge in [-0.3, -0.25) is 0 Å². The van der Waals surface area contributed by atoms with E-state index >= 15 is 0 Å². The van der Waals surface area contributed by atoms with Gasteiger partial charge in [0.05, 0.1) is 12.8 Å². The van der Waals surface area contributed by atoms with E-state index in [0.717, 1.165) is 11.3 Å². The first-order valence-corrected chi connectivity index (χ1v) is 6.06. The normalized spacial score (nSPS) is 10.3. The monoisotopic (exact) mass is 263 g/mol. The van der Waals surface area contributed by atoms with E-state index in [1.165, 1.54) is 6.33 Å². The summed E-state index contributed by atoms with van der Waals surface area (Å²) < 4.78 is 5.37. The summed E-state index contributed by atoms with van der Waals surface area (Å²) in [6.07, 6.45) is 3.01. The zero-order chi connectivity index (χ0) is 12.8. The van der Waals surface area contributed by atoms with Crippen LogP contribution in [0, 0.1) is 0 Å². The third-order valence-electron chi connectivity index (χ3n) is 2.33. The van der Waals surface area contributed by atoms with Crippen LogP contribution in [-0.2, 0) is 11.3 Å². The lowest BCUT2D eigenvalue weighted by Gasteiger charge is -2.08. The molecule has 0 aliphatic heterocycles. The second-order valence-electron chi connectivity index (χ2n) is 3.68. The molecule has 0 spiro atoms. The van der Waals surface area contributed by atoms with Crippen LogP contribution in [0.4, 0.5) is 11.5 Å². The van der Waals surface area contributed by atoms with Crippen LogP contribution in [0.2, 0.25) is 5.02 Å². The van der Waals surface area contributed by atoms with E-state index in [2.05, 4.69) is 15.3 Å². The van der Waals surface area contributed by atoms with Gasteiger partial charge in [-0.1, -0.05) is 23.7 Å². The average Bonchev–Trinajstić information content (AvgIpc) is 2.40. The minimum atomic E-state index is 0.493. The number of halogens is 1. The molecule has 2 rings (SSSR count). The molecule has 1 aromatic carbocycles. The largest absolute Gasteiger partial charge is 0.377 e. The molecule has 1 N–H and O–H groups in total. The summed E-state index contributed by atoms with van der Waals surface area (Å²) in [5.41, 5.74) is 2.03. The Kier molecular flexibility index (Phi) is 4.50. The molecule has 0 aliphatic carbocycles. The molecule has 2 aromatic rings. The van der Waals surface area contributed by atoms with Crippen LogP contribution in [0.15, 0.2) is 36.8 Å². The number of rotatable bonds is 5. The lowest BCUT2D eigenvalue weighted by molar-refractivity contribution is 0.134. The predicted molar refractivity (Wildman–Crippen MR) is 72.1 cm³/mol. The molecule has 0 saturated heterocycles. The van der Waals surface area contributed by atoms with E-state index in [1.807, 2.05) is 31.2 Å². The molecule has 0 aliphatic rings. The topological polar surface area (TPSA) is 47.0 Å². The van der Waals surface area contributed by atoms with Gasteiger partial charge in [0.2, 0.25) is 0 Å². The molecule has 0 radical (unpaired) electrons. The summed E-state index contributed by atoms with van der Waals surface area (Å²) >= 11 is 5.99. The van der Waals surface area contributed by atoms with Gasteiger partial charge in [0.1, 0.15) is 11.3 Å². The Hall–Kier alpha value is -1.65. The lowest BCUT2D eigenvalue weighted by atomic mass is 10.2. The predicted octanol–water partition coefficient (Wildman–Crippen LogP) is 3.41. The van der Waals surface area contributed by atoms with Crippen molar-refractivity contribution in [1.29, 1.82) is 0 Å². The first-order chi connectivity index (χ1) is 8.79. The summed E-state index contributed by atoms with van der Waals surface area (Å²) in [6, 6.07) is 7.94. The third kappa shape index (κ3) is 3.42. The highest BCUT2D eigenvalue weighted by Gasteiger charge is 2.02. The standard InChI is InChI=1S/C13H14ClN3O/c1-2-18-8-10-4-3-5-11(6-10)17-13-12(14)7-15-9-16-13/h3-7,9H,2,8H2,1H3,(H,15,16,17). The molecule has 18 heavy (non-hydrogen) atoms. The SMILES string of the molecule is CCOCc1cccc(Nc2ncncc2Cl)c1. The molecule has 1 aromatic heterocycles. The van der Waals surface area contributed by atoms with E-state index < -0.39 is 0 Å². The number of hydrogen-bond acceptors (Lipinski definition) is 4. The Morgan fingerprint density at radius 2 is 2.28 bits per heavy atom. The van der Waals surface area contributed by atoms with Gasteiger partial charge in [-0.05, 0) is 24.6 Å². The molecule has 5 heteroatoms. The van der Waals surface area contributed by atoms with Gasteiger partial charge in [0, 0.05) is 12.3 Å². The zero-order valence-corrected chi connectivity index (χ0v) is 10.8. The van der Waals surface area contributed by atoms with Crippen molar-refractivity contribution in [2.24, 2.45) is 0 Å². The maximum absolute atomic E-state index is 5.99. The smallest absolute Gasteiger partial charge is 0.152 e. The Morgan fingerprint density at radius 3 is 3.06 bits per heavy atom. The summed E-state index contributed by atoms with van der Waals surface area (Å²) in [5, 5.41) is 3.64. The Balaban J connectivity index is 2.12. The fourth-order valence-corrected chi connectivity index (χ4v) is 1.65. The van der Waals surface area contributed by atoms with Gasteiger partial charge in [-0.15, -0.1) is 0 Å². The molecule has 0 amide bonds. The first kappa shape index (κ1) is 12.8. The summed E-state index contributed by atoms with van der Waals surface area (Å²) in [5.74, 6) is 0.597. The molecule has 0 unspecified atom stereocenters. The van der Waals surface area contributed by atoms with Gasteiger partial charge < -0.3 is 10.1 Å². The van der Waals surface area contributed by atoms with Crippen molar-refractivity contribution in [2.45, 2.75) is 13.5 Å².